The summed E-state index contributed by atoms with van der Waals surface area (Å²) in [6, 6.07) is 12.9. The number of nitrogens with two attached hydrogens (primary N) is 1. The van der Waals surface area contributed by atoms with Crippen molar-refractivity contribution in [3.8, 4) is 0 Å². The van der Waals surface area contributed by atoms with Crippen molar-refractivity contribution in [2.45, 2.75) is 13.0 Å². The molecule has 0 aromatic heterocycles. The lowest BCUT2D eigenvalue weighted by Crippen LogP contribution is -2.20. The first-order valence-corrected chi connectivity index (χ1v) is 6.60. The molecule has 0 amide bonds. The maximum Gasteiger partial charge on any atom is 0.124 e. The van der Waals surface area contributed by atoms with Gasteiger partial charge in [-0.1, -0.05) is 18.2 Å². The molecular formula is C16H16FN3. The predicted octanol–water partition coefficient (Wildman–Crippen LogP) is 2.67. The number of rotatable bonds is 3. The predicted molar refractivity (Wildman–Crippen MR) is 78.6 cm³/mol. The second kappa shape index (κ2) is 4.96. The average Bonchev–Trinajstić information content (AvgIpc) is 2.82. The number of benzene rings is 2. The van der Waals surface area contributed by atoms with Gasteiger partial charge in [-0.2, -0.15) is 0 Å². The molecule has 3 nitrogen and oxygen atoms in total. The molecule has 0 bridgehead atoms. The Morgan fingerprint density at radius 2 is 2.05 bits per heavy atom. The lowest BCUT2D eigenvalue weighted by atomic mass is 10.1. The van der Waals surface area contributed by atoms with Crippen LogP contribution in [0, 0.1) is 11.2 Å². The number of hydrogen-bond acceptors (Lipinski definition) is 2. The Morgan fingerprint density at radius 3 is 2.85 bits per heavy atom. The summed E-state index contributed by atoms with van der Waals surface area (Å²) >= 11 is 0. The van der Waals surface area contributed by atoms with Crippen molar-refractivity contribution in [3.63, 3.8) is 0 Å². The Bertz CT molecular complexity index is 667. The molecule has 0 radical (unpaired) electrons. The number of halogens is 1. The molecular weight excluding hydrogens is 253 g/mol. The van der Waals surface area contributed by atoms with Crippen LogP contribution in [-0.2, 0) is 13.0 Å². The van der Waals surface area contributed by atoms with E-state index >= 15 is 0 Å². The van der Waals surface area contributed by atoms with Crippen LogP contribution >= 0.6 is 0 Å². The number of fused-ring (bicyclic) bond motifs is 1. The van der Waals surface area contributed by atoms with E-state index in [1.54, 1.807) is 6.07 Å². The van der Waals surface area contributed by atoms with Gasteiger partial charge in [-0.05, 0) is 41.8 Å². The highest BCUT2D eigenvalue weighted by atomic mass is 19.1. The first-order valence-electron chi connectivity index (χ1n) is 6.60. The van der Waals surface area contributed by atoms with Crippen molar-refractivity contribution in [1.29, 1.82) is 5.41 Å². The zero-order chi connectivity index (χ0) is 14.1. The van der Waals surface area contributed by atoms with Gasteiger partial charge in [0.05, 0.1) is 0 Å². The van der Waals surface area contributed by atoms with Crippen LogP contribution in [0.15, 0.2) is 42.5 Å². The Labute approximate surface area is 117 Å². The van der Waals surface area contributed by atoms with Crippen LogP contribution in [0.3, 0.4) is 0 Å². The Hall–Kier alpha value is -2.36. The highest BCUT2D eigenvalue weighted by Gasteiger charge is 2.18. The molecule has 0 atom stereocenters. The van der Waals surface area contributed by atoms with Crippen LogP contribution < -0.4 is 10.6 Å². The quantitative estimate of drug-likeness (QED) is 0.665. The zero-order valence-electron chi connectivity index (χ0n) is 11.1. The van der Waals surface area contributed by atoms with E-state index in [0.717, 1.165) is 18.5 Å². The van der Waals surface area contributed by atoms with Crippen molar-refractivity contribution >= 4 is 11.5 Å². The van der Waals surface area contributed by atoms with E-state index in [4.69, 9.17) is 11.1 Å². The molecule has 1 aliphatic rings. The third-order valence-electron chi connectivity index (χ3n) is 3.63. The molecule has 2 aromatic rings. The number of anilines is 1. The van der Waals surface area contributed by atoms with Gasteiger partial charge in [-0.25, -0.2) is 4.39 Å². The van der Waals surface area contributed by atoms with Gasteiger partial charge in [-0.15, -0.1) is 0 Å². The van der Waals surface area contributed by atoms with Crippen LogP contribution in [0.25, 0.3) is 0 Å². The third-order valence-corrected chi connectivity index (χ3v) is 3.63. The van der Waals surface area contributed by atoms with Gasteiger partial charge in [-0.3, -0.25) is 5.41 Å². The van der Waals surface area contributed by atoms with Crippen LogP contribution in [-0.4, -0.2) is 12.4 Å². The smallest absolute Gasteiger partial charge is 0.124 e. The Balaban J connectivity index is 1.88. The molecule has 3 rings (SSSR count). The lowest BCUT2D eigenvalue weighted by Gasteiger charge is -2.20. The van der Waals surface area contributed by atoms with Crippen molar-refractivity contribution < 1.29 is 4.39 Å². The van der Waals surface area contributed by atoms with Gasteiger partial charge in [0.15, 0.2) is 0 Å². The molecule has 2 aromatic carbocycles. The van der Waals surface area contributed by atoms with Gasteiger partial charge in [0.1, 0.15) is 11.7 Å². The summed E-state index contributed by atoms with van der Waals surface area (Å²) in [6.45, 7) is 1.57. The average molecular weight is 269 g/mol. The number of nitrogen functional groups attached to an aromatic ring is 1. The van der Waals surface area contributed by atoms with Crippen molar-refractivity contribution in [2.24, 2.45) is 5.73 Å². The van der Waals surface area contributed by atoms with Gasteiger partial charge < -0.3 is 10.6 Å². The van der Waals surface area contributed by atoms with Crippen LogP contribution in [0.4, 0.5) is 10.1 Å². The number of para-hydroxylation sites is 1. The normalized spacial score (nSPS) is 13.3. The fourth-order valence-electron chi connectivity index (χ4n) is 2.69. The molecule has 4 heteroatoms. The third kappa shape index (κ3) is 2.37. The molecule has 102 valence electrons. The van der Waals surface area contributed by atoms with E-state index in [0.29, 0.717) is 12.1 Å². The minimum absolute atomic E-state index is 0.104. The monoisotopic (exact) mass is 269 g/mol. The SMILES string of the molecule is N=C(N)c1cc(F)cc(CN2CCc3ccccc32)c1. The van der Waals surface area contributed by atoms with E-state index in [-0.39, 0.29) is 11.7 Å². The van der Waals surface area contributed by atoms with Crippen LogP contribution in [0.5, 0.6) is 0 Å². The lowest BCUT2D eigenvalue weighted by molar-refractivity contribution is 0.624. The number of nitrogens with one attached hydrogen (secondary N) is 1. The summed E-state index contributed by atoms with van der Waals surface area (Å²) < 4.78 is 13.6. The number of amidine groups is 1. The summed E-state index contributed by atoms with van der Waals surface area (Å²) in [4.78, 5) is 2.23. The zero-order valence-corrected chi connectivity index (χ0v) is 11.1. The van der Waals surface area contributed by atoms with Crippen LogP contribution in [0.1, 0.15) is 16.7 Å². The van der Waals surface area contributed by atoms with Crippen molar-refractivity contribution in [3.05, 3.63) is 65.0 Å². The maximum absolute atomic E-state index is 13.6. The van der Waals surface area contributed by atoms with E-state index < -0.39 is 0 Å². The van der Waals surface area contributed by atoms with E-state index in [2.05, 4.69) is 17.0 Å². The van der Waals surface area contributed by atoms with Crippen molar-refractivity contribution in [1.82, 2.24) is 0 Å². The van der Waals surface area contributed by atoms with E-state index in [9.17, 15) is 4.39 Å². The molecule has 1 aliphatic heterocycles. The molecule has 0 saturated carbocycles. The molecule has 0 unspecified atom stereocenters. The molecule has 1 heterocycles. The highest BCUT2D eigenvalue weighted by molar-refractivity contribution is 5.95. The van der Waals surface area contributed by atoms with Gasteiger partial charge >= 0.3 is 0 Å². The molecule has 20 heavy (non-hydrogen) atoms. The van der Waals surface area contributed by atoms with Gasteiger partial charge in [0.25, 0.3) is 0 Å². The first-order chi connectivity index (χ1) is 9.63. The molecule has 0 aliphatic carbocycles. The van der Waals surface area contributed by atoms with E-state index in [1.165, 1.54) is 23.4 Å². The minimum Gasteiger partial charge on any atom is -0.384 e. The second-order valence-electron chi connectivity index (χ2n) is 5.06. The summed E-state index contributed by atoms with van der Waals surface area (Å²) in [5.41, 5.74) is 9.26. The summed E-state index contributed by atoms with van der Waals surface area (Å²) in [5, 5.41) is 7.43. The maximum atomic E-state index is 13.6. The Morgan fingerprint density at radius 1 is 1.25 bits per heavy atom. The number of hydrogen-bond donors (Lipinski definition) is 2. The van der Waals surface area contributed by atoms with Crippen LogP contribution in [0.2, 0.25) is 0 Å². The molecule has 3 N–H and O–H groups in total. The largest absolute Gasteiger partial charge is 0.384 e. The Kier molecular flexibility index (Phi) is 3.14. The standard InChI is InChI=1S/C16H16FN3/c17-14-8-11(7-13(9-14)16(18)19)10-20-6-5-12-3-1-2-4-15(12)20/h1-4,7-9H,5-6,10H2,(H3,18,19). The topological polar surface area (TPSA) is 53.1 Å². The number of nitrogens with zero attached hydrogens (tertiary/aromatic N) is 1. The molecule has 0 saturated heterocycles. The second-order valence-corrected chi connectivity index (χ2v) is 5.06. The van der Waals surface area contributed by atoms with Crippen molar-refractivity contribution in [2.75, 3.05) is 11.4 Å². The summed E-state index contributed by atoms with van der Waals surface area (Å²) in [5.74, 6) is -0.451. The molecule has 0 fully saturated rings. The molecule has 0 spiro atoms. The minimum atomic E-state index is -0.347. The highest BCUT2D eigenvalue weighted by Crippen LogP contribution is 2.29. The fourth-order valence-corrected chi connectivity index (χ4v) is 2.69. The first kappa shape index (κ1) is 12.7. The summed E-state index contributed by atoms with van der Waals surface area (Å²) in [6.07, 6.45) is 1.02. The van der Waals surface area contributed by atoms with E-state index in [1.807, 2.05) is 12.1 Å². The van der Waals surface area contributed by atoms with Gasteiger partial charge in [0, 0.05) is 24.3 Å². The fraction of sp³-hybridized carbons (Fsp3) is 0.188. The van der Waals surface area contributed by atoms with Gasteiger partial charge in [0.2, 0.25) is 0 Å². The summed E-state index contributed by atoms with van der Waals surface area (Å²) in [7, 11) is 0.